The highest BCUT2D eigenvalue weighted by Gasteiger charge is 2.09. The Kier molecular flexibility index (Phi) is 3.23. The van der Waals surface area contributed by atoms with Crippen LogP contribution in [0.4, 0.5) is 8.78 Å². The van der Waals surface area contributed by atoms with Crippen LogP contribution in [-0.2, 0) is 11.4 Å². The SMILES string of the molecule is N[S+]([O-])CC(F)F. The lowest BCUT2D eigenvalue weighted by Gasteiger charge is -1.99. The van der Waals surface area contributed by atoms with Crippen LogP contribution in [0.15, 0.2) is 0 Å². The second-order valence-electron chi connectivity index (χ2n) is 0.938. The maximum atomic E-state index is 11.0. The zero-order chi connectivity index (χ0) is 5.86. The van der Waals surface area contributed by atoms with Gasteiger partial charge < -0.3 is 4.55 Å². The molecule has 0 heterocycles. The molecule has 44 valence electrons. The molecule has 0 spiro atoms. The van der Waals surface area contributed by atoms with Crippen molar-refractivity contribution in [1.82, 2.24) is 0 Å². The van der Waals surface area contributed by atoms with Crippen LogP contribution in [0.2, 0.25) is 0 Å². The summed E-state index contributed by atoms with van der Waals surface area (Å²) < 4.78 is 31.7. The van der Waals surface area contributed by atoms with Crippen LogP contribution in [0.1, 0.15) is 0 Å². The van der Waals surface area contributed by atoms with Crippen LogP contribution in [0, 0.1) is 0 Å². The fourth-order valence-corrected chi connectivity index (χ4v) is 0.373. The van der Waals surface area contributed by atoms with Gasteiger partial charge in [0.25, 0.3) is 6.43 Å². The Morgan fingerprint density at radius 1 is 1.71 bits per heavy atom. The summed E-state index contributed by atoms with van der Waals surface area (Å²) in [6.07, 6.45) is -2.55. The molecule has 0 saturated heterocycles. The normalized spacial score (nSPS) is 15.0. The summed E-state index contributed by atoms with van der Waals surface area (Å²) in [5.41, 5.74) is 0. The van der Waals surface area contributed by atoms with E-state index >= 15 is 0 Å². The van der Waals surface area contributed by atoms with Gasteiger partial charge in [-0.05, 0) is 0 Å². The molecule has 2 nitrogen and oxygen atoms in total. The molecule has 0 aromatic heterocycles. The Morgan fingerprint density at radius 3 is 2.14 bits per heavy atom. The second kappa shape index (κ2) is 3.17. The maximum Gasteiger partial charge on any atom is 0.284 e. The first-order valence-electron chi connectivity index (χ1n) is 1.54. The minimum absolute atomic E-state index is 0.722. The molecule has 2 N–H and O–H groups in total. The third-order valence-electron chi connectivity index (χ3n) is 0.290. The first-order chi connectivity index (χ1) is 3.13. The van der Waals surface area contributed by atoms with E-state index in [-0.39, 0.29) is 0 Å². The molecule has 0 aromatic rings. The molecule has 5 heteroatoms. The van der Waals surface area contributed by atoms with Gasteiger partial charge in [-0.25, -0.2) is 8.78 Å². The van der Waals surface area contributed by atoms with E-state index in [1.54, 1.807) is 0 Å². The average molecular weight is 129 g/mol. The van der Waals surface area contributed by atoms with Crippen LogP contribution in [-0.4, -0.2) is 16.7 Å². The Morgan fingerprint density at radius 2 is 2.14 bits per heavy atom. The first-order valence-corrected chi connectivity index (χ1v) is 2.92. The molecule has 7 heavy (non-hydrogen) atoms. The van der Waals surface area contributed by atoms with Crippen molar-refractivity contribution < 1.29 is 13.3 Å². The molecule has 0 bridgehead atoms. The van der Waals surface area contributed by atoms with Crippen molar-refractivity contribution in [2.24, 2.45) is 5.14 Å². The summed E-state index contributed by atoms with van der Waals surface area (Å²) in [6, 6.07) is 0. The van der Waals surface area contributed by atoms with Gasteiger partial charge in [0.2, 0.25) is 0 Å². The third-order valence-corrected chi connectivity index (χ3v) is 0.871. The van der Waals surface area contributed by atoms with E-state index in [2.05, 4.69) is 5.14 Å². The predicted octanol–water partition coefficient (Wildman–Crippen LogP) is -0.126. The third kappa shape index (κ3) is 6.13. The maximum absolute atomic E-state index is 11.0. The molecule has 0 fully saturated rings. The van der Waals surface area contributed by atoms with Crippen molar-refractivity contribution in [3.8, 4) is 0 Å². The standard InChI is InChI=1S/C2H5F2NOS/c3-2(4)1-7(5)6/h2H,1,5H2. The van der Waals surface area contributed by atoms with Crippen LogP contribution >= 0.6 is 0 Å². The molecule has 0 aliphatic heterocycles. The average Bonchev–Trinajstić information content (AvgIpc) is 1.27. The fourth-order valence-electron chi connectivity index (χ4n) is 0.124. The lowest BCUT2D eigenvalue weighted by molar-refractivity contribution is 0.174. The van der Waals surface area contributed by atoms with Crippen LogP contribution in [0.3, 0.4) is 0 Å². The molecule has 0 rings (SSSR count). The molecule has 0 saturated carbocycles. The van der Waals surface area contributed by atoms with Gasteiger partial charge >= 0.3 is 0 Å². The number of nitrogens with two attached hydrogens (primary N) is 1. The molecular formula is C2H5F2NOS. The van der Waals surface area contributed by atoms with Gasteiger partial charge in [0.1, 0.15) is 0 Å². The van der Waals surface area contributed by atoms with Crippen molar-refractivity contribution in [1.29, 1.82) is 0 Å². The highest BCUT2D eigenvalue weighted by Crippen LogP contribution is 1.93. The molecular weight excluding hydrogens is 124 g/mol. The number of alkyl halides is 2. The lowest BCUT2D eigenvalue weighted by atomic mass is 10.9. The van der Waals surface area contributed by atoms with Crippen LogP contribution in [0.5, 0.6) is 0 Å². The first kappa shape index (κ1) is 7.13. The summed E-state index contributed by atoms with van der Waals surface area (Å²) in [4.78, 5) is 0. The van der Waals surface area contributed by atoms with Crippen molar-refractivity contribution in [3.63, 3.8) is 0 Å². The zero-order valence-electron chi connectivity index (χ0n) is 3.43. The van der Waals surface area contributed by atoms with E-state index in [4.69, 9.17) is 0 Å². The fraction of sp³-hybridized carbons (Fsp3) is 1.00. The van der Waals surface area contributed by atoms with Crippen molar-refractivity contribution in [3.05, 3.63) is 0 Å². The minimum Gasteiger partial charge on any atom is -0.598 e. The van der Waals surface area contributed by atoms with Gasteiger partial charge in [0.15, 0.2) is 5.75 Å². The van der Waals surface area contributed by atoms with E-state index in [0.29, 0.717) is 0 Å². The predicted molar refractivity (Wildman–Crippen MR) is 23.2 cm³/mol. The molecule has 0 aromatic carbocycles. The Labute approximate surface area is 43.0 Å². The minimum atomic E-state index is -2.55. The molecule has 0 aliphatic carbocycles. The van der Waals surface area contributed by atoms with Gasteiger partial charge in [-0.1, -0.05) is 0 Å². The molecule has 1 unspecified atom stereocenters. The van der Waals surface area contributed by atoms with E-state index in [1.807, 2.05) is 0 Å². The monoisotopic (exact) mass is 129 g/mol. The quantitative estimate of drug-likeness (QED) is 0.528. The van der Waals surface area contributed by atoms with E-state index in [0.717, 1.165) is 0 Å². The van der Waals surface area contributed by atoms with Crippen LogP contribution < -0.4 is 5.14 Å². The summed E-state index contributed by atoms with van der Waals surface area (Å²) in [5.74, 6) is -0.722. The number of hydrogen-bond acceptors (Lipinski definition) is 2. The topological polar surface area (TPSA) is 49.1 Å². The van der Waals surface area contributed by atoms with E-state index < -0.39 is 23.5 Å². The van der Waals surface area contributed by atoms with Gasteiger partial charge in [0, 0.05) is 11.4 Å². The lowest BCUT2D eigenvalue weighted by Crippen LogP contribution is -2.21. The Hall–Kier alpha value is 0.130. The molecule has 0 amide bonds. The second-order valence-corrected chi connectivity index (χ2v) is 2.03. The van der Waals surface area contributed by atoms with E-state index in [1.165, 1.54) is 0 Å². The Balaban J connectivity index is 2.95. The number of rotatable bonds is 2. The van der Waals surface area contributed by atoms with Crippen LogP contribution in [0.25, 0.3) is 0 Å². The summed E-state index contributed by atoms with van der Waals surface area (Å²) in [5, 5.41) is 4.49. The highest BCUT2D eigenvalue weighted by atomic mass is 32.2. The smallest absolute Gasteiger partial charge is 0.284 e. The van der Waals surface area contributed by atoms with E-state index in [9.17, 15) is 13.3 Å². The van der Waals surface area contributed by atoms with Gasteiger partial charge in [0.05, 0.1) is 0 Å². The number of hydrogen-bond donors (Lipinski definition) is 1. The summed E-state index contributed by atoms with van der Waals surface area (Å²) >= 11 is -1.85. The molecule has 0 radical (unpaired) electrons. The Bertz CT molecular complexity index is 45.0. The molecule has 1 atom stereocenters. The van der Waals surface area contributed by atoms with Gasteiger partial charge in [-0.15, -0.1) is 0 Å². The van der Waals surface area contributed by atoms with Crippen molar-refractivity contribution in [2.45, 2.75) is 6.43 Å². The zero-order valence-corrected chi connectivity index (χ0v) is 4.25. The highest BCUT2D eigenvalue weighted by molar-refractivity contribution is 7.89. The molecule has 0 aliphatic rings. The van der Waals surface area contributed by atoms with Gasteiger partial charge in [-0.3, -0.25) is 0 Å². The van der Waals surface area contributed by atoms with Crippen molar-refractivity contribution in [2.75, 3.05) is 5.75 Å². The summed E-state index contributed by atoms with van der Waals surface area (Å²) in [6.45, 7) is 0. The number of halogens is 2. The largest absolute Gasteiger partial charge is 0.598 e. The van der Waals surface area contributed by atoms with Gasteiger partial charge in [-0.2, -0.15) is 5.14 Å². The summed E-state index contributed by atoms with van der Waals surface area (Å²) in [7, 11) is 0. The van der Waals surface area contributed by atoms with Crippen molar-refractivity contribution >= 4 is 11.4 Å².